The van der Waals surface area contributed by atoms with Crippen LogP contribution < -0.4 is 15.4 Å². The van der Waals surface area contributed by atoms with E-state index < -0.39 is 39.6 Å². The van der Waals surface area contributed by atoms with Crippen molar-refractivity contribution in [2.45, 2.75) is 52.2 Å². The number of carbonyl (C=O) groups excluding carboxylic acids is 1. The van der Waals surface area contributed by atoms with Crippen molar-refractivity contribution in [3.63, 3.8) is 0 Å². The average Bonchev–Trinajstić information content (AvgIpc) is 1.62. The minimum Gasteiger partial charge on any atom is -0.480 e. The Morgan fingerprint density at radius 3 is 1.47 bits per heavy atom. The number of carbonyl (C=O) groups is 4. The number of pyridine rings is 3. The van der Waals surface area contributed by atoms with Crippen LogP contribution in [0.3, 0.4) is 0 Å². The molecule has 0 spiro atoms. The topological polar surface area (TPSA) is 253 Å². The van der Waals surface area contributed by atoms with Gasteiger partial charge >= 0.3 is 17.9 Å². The number of sulfonamides is 1. The van der Waals surface area contributed by atoms with E-state index in [2.05, 4.69) is 36.9 Å². The van der Waals surface area contributed by atoms with Gasteiger partial charge < -0.3 is 39.7 Å². The van der Waals surface area contributed by atoms with Gasteiger partial charge in [0.15, 0.2) is 5.65 Å². The molecule has 18 nitrogen and oxygen atoms in total. The van der Waals surface area contributed by atoms with Crippen molar-refractivity contribution in [2.24, 2.45) is 0 Å². The highest BCUT2D eigenvalue weighted by atomic mass is 32.2. The SMILES string of the molecule is C=C(Nc1cccc(-c2c(C)n(CC(=O)O)c3ccc(F)cc23)c1)c1ccc2ccccc2n1.Cc1c(-c2ccc(NC(=O)c3ccc4cccnc4n3)cc2)c2cc(F)ccc2n1CC(=O)O.Cc1ccc(S(=O)(=O)Nc2ccc(-c3c(C)n(CC(=O)O)c4ccc(F)cc34)cc2)cc1. The summed E-state index contributed by atoms with van der Waals surface area (Å²) in [5.41, 5.74) is 14.4. The fourth-order valence-corrected chi connectivity index (χ4v) is 13.4. The smallest absolute Gasteiger partial charge is 0.323 e. The fourth-order valence-electron chi connectivity index (χ4n) is 12.3. The summed E-state index contributed by atoms with van der Waals surface area (Å²) in [5.74, 6) is -4.49. The van der Waals surface area contributed by atoms with Gasteiger partial charge in [-0.05, 0) is 184 Å². The summed E-state index contributed by atoms with van der Waals surface area (Å²) >= 11 is 0. The lowest BCUT2D eigenvalue weighted by Crippen LogP contribution is -2.13. The molecule has 0 aliphatic heterocycles. The molecule has 0 unspecified atom stereocenters. The van der Waals surface area contributed by atoms with E-state index in [1.807, 2.05) is 99.6 Å². The van der Waals surface area contributed by atoms with E-state index in [9.17, 15) is 56.1 Å². The molecule has 0 atom stereocenters. The molecule has 14 aromatic rings. The number of benzene rings is 8. The van der Waals surface area contributed by atoms with Gasteiger partial charge in [-0.3, -0.25) is 23.9 Å². The third-order valence-electron chi connectivity index (χ3n) is 17.0. The Hall–Kier alpha value is -12.7. The van der Waals surface area contributed by atoms with E-state index in [4.69, 9.17) is 0 Å². The van der Waals surface area contributed by atoms with Gasteiger partial charge in [0, 0.05) is 101 Å². The summed E-state index contributed by atoms with van der Waals surface area (Å²) in [6.07, 6.45) is 1.62. The van der Waals surface area contributed by atoms with Gasteiger partial charge in [0.25, 0.3) is 15.9 Å². The molecule has 8 aromatic carbocycles. The molecule has 6 N–H and O–H groups in total. The standard InChI is InChI=1S/C28H22FN3O2.C26H19FN4O3.C24H21FN2O4S/c1-17(24-12-10-19-6-3-4-9-25(19)31-24)30-22-8-5-7-20(14-22)28-18(2)32(16-27(33)34)26-13-11-21(29)15-23(26)28;1-15-24(20-13-18(27)7-11-22(20)31(15)14-23(32)33)16-4-8-19(9-5-16)29-26(34)21-10-6-17-3-2-12-28-25(17)30-21;1-15-3-10-20(11-4-15)32(30,31)26-19-8-5-17(6-9-19)24-16(2)27(14-23(28)29)22-12-7-18(25)13-21(22)24/h3-15,30H,1,16H2,2H3,(H,33,34);2-13H,14H2,1H3,(H,29,34)(H,32,33);3-13,26H,14H2,1-2H3,(H,28,29). The van der Waals surface area contributed by atoms with E-state index in [-0.39, 0.29) is 41.9 Å². The highest BCUT2D eigenvalue weighted by Crippen LogP contribution is 2.40. The summed E-state index contributed by atoms with van der Waals surface area (Å²) in [5, 5.41) is 37.9. The van der Waals surface area contributed by atoms with Crippen LogP contribution in [0.2, 0.25) is 0 Å². The van der Waals surface area contributed by atoms with E-state index in [1.54, 1.807) is 124 Å². The average molecular weight is 1360 g/mol. The molecule has 100 heavy (non-hydrogen) atoms. The zero-order valence-electron chi connectivity index (χ0n) is 54.1. The molecule has 0 aliphatic rings. The maximum atomic E-state index is 14.1. The molecule has 6 aromatic heterocycles. The second kappa shape index (κ2) is 28.2. The summed E-state index contributed by atoms with van der Waals surface area (Å²) in [6, 6.07) is 60.0. The molecule has 6 heterocycles. The maximum absolute atomic E-state index is 14.1. The van der Waals surface area contributed by atoms with Crippen molar-refractivity contribution in [2.75, 3.05) is 15.4 Å². The van der Waals surface area contributed by atoms with Gasteiger partial charge in [0.1, 0.15) is 42.8 Å². The molecule has 0 aliphatic carbocycles. The summed E-state index contributed by atoms with van der Waals surface area (Å²) < 4.78 is 74.9. The van der Waals surface area contributed by atoms with Crippen LogP contribution in [0.1, 0.15) is 38.8 Å². The second-order valence-corrected chi connectivity index (χ2v) is 25.3. The first-order valence-electron chi connectivity index (χ1n) is 31.2. The number of amides is 1. The van der Waals surface area contributed by atoms with Gasteiger partial charge in [-0.1, -0.05) is 84.9 Å². The molecule has 0 radical (unpaired) electrons. The minimum absolute atomic E-state index is 0.162. The first kappa shape index (κ1) is 67.3. The molecule has 0 bridgehead atoms. The predicted molar refractivity (Wildman–Crippen MR) is 383 cm³/mol. The Balaban J connectivity index is 0.000000142. The van der Waals surface area contributed by atoms with Crippen LogP contribution in [0.25, 0.3) is 93.7 Å². The van der Waals surface area contributed by atoms with Crippen molar-refractivity contribution in [3.8, 4) is 33.4 Å². The summed E-state index contributed by atoms with van der Waals surface area (Å²) in [7, 11) is -3.73. The Morgan fingerprint density at radius 2 is 0.940 bits per heavy atom. The van der Waals surface area contributed by atoms with Gasteiger partial charge in [-0.25, -0.2) is 36.5 Å². The number of nitrogens with one attached hydrogen (secondary N) is 3. The molecule has 0 saturated carbocycles. The number of aryl methyl sites for hydroxylation is 1. The minimum atomic E-state index is -3.73. The molecule has 0 saturated heterocycles. The lowest BCUT2D eigenvalue weighted by atomic mass is 10.0. The van der Waals surface area contributed by atoms with Crippen LogP contribution in [0.5, 0.6) is 0 Å². The first-order chi connectivity index (χ1) is 48.0. The Morgan fingerprint density at radius 1 is 0.460 bits per heavy atom. The van der Waals surface area contributed by atoms with Gasteiger partial charge in [0.2, 0.25) is 0 Å². The zero-order chi connectivity index (χ0) is 70.7. The number of rotatable bonds is 17. The van der Waals surface area contributed by atoms with Crippen LogP contribution in [0, 0.1) is 45.1 Å². The monoisotopic (exact) mass is 1360 g/mol. The number of nitrogens with zero attached hydrogens (tertiary/aromatic N) is 6. The van der Waals surface area contributed by atoms with Crippen molar-refractivity contribution in [1.82, 2.24) is 28.7 Å². The van der Waals surface area contributed by atoms with Crippen LogP contribution >= 0.6 is 0 Å². The second-order valence-electron chi connectivity index (χ2n) is 23.7. The summed E-state index contributed by atoms with van der Waals surface area (Å²) in [4.78, 5) is 60.2. The molecule has 0 fully saturated rings. The number of hydrogen-bond donors (Lipinski definition) is 6. The number of carboxylic acid groups (broad SMARTS) is 3. The van der Waals surface area contributed by atoms with E-state index in [1.165, 1.54) is 36.4 Å². The molecular weight excluding hydrogens is 1300 g/mol. The van der Waals surface area contributed by atoms with E-state index >= 15 is 0 Å². The number of hydrogen-bond acceptors (Lipinski definition) is 10. The van der Waals surface area contributed by atoms with Crippen LogP contribution in [0.4, 0.5) is 30.2 Å². The lowest BCUT2D eigenvalue weighted by Gasteiger charge is -2.12. The highest BCUT2D eigenvalue weighted by molar-refractivity contribution is 7.92. The number of anilines is 3. The number of para-hydroxylation sites is 1. The Labute approximate surface area is 570 Å². The summed E-state index contributed by atoms with van der Waals surface area (Å²) in [6.45, 7) is 10.8. The quantitative estimate of drug-likeness (QED) is 0.0497. The Bertz CT molecular complexity index is 5700. The van der Waals surface area contributed by atoms with E-state index in [0.717, 1.165) is 66.7 Å². The molecule has 1 amide bonds. The number of fused-ring (bicyclic) bond motifs is 5. The van der Waals surface area contributed by atoms with Crippen molar-refractivity contribution in [1.29, 1.82) is 0 Å². The van der Waals surface area contributed by atoms with Crippen LogP contribution in [-0.2, 0) is 44.0 Å². The molecule has 500 valence electrons. The molecular formula is C78H62F3N9O9S. The van der Waals surface area contributed by atoms with Crippen LogP contribution in [0.15, 0.2) is 230 Å². The molecule has 22 heteroatoms. The normalized spacial score (nSPS) is 11.3. The number of aromatic nitrogens is 6. The third-order valence-corrected chi connectivity index (χ3v) is 18.4. The molecule has 14 rings (SSSR count). The number of aliphatic carboxylic acids is 3. The van der Waals surface area contributed by atoms with Crippen molar-refractivity contribution < 1.29 is 56.1 Å². The largest absolute Gasteiger partial charge is 0.480 e. The van der Waals surface area contributed by atoms with Gasteiger partial charge in [0.05, 0.1) is 21.8 Å². The fraction of sp³-hybridized carbons (Fsp3) is 0.0897. The third kappa shape index (κ3) is 14.4. The lowest BCUT2D eigenvalue weighted by molar-refractivity contribution is -0.138. The Kier molecular flexibility index (Phi) is 19.0. The maximum Gasteiger partial charge on any atom is 0.323 e. The predicted octanol–water partition coefficient (Wildman–Crippen LogP) is 16.5. The van der Waals surface area contributed by atoms with E-state index in [0.29, 0.717) is 72.4 Å². The highest BCUT2D eigenvalue weighted by Gasteiger charge is 2.23. The van der Waals surface area contributed by atoms with Gasteiger partial charge in [-0.15, -0.1) is 0 Å². The van der Waals surface area contributed by atoms with Crippen LogP contribution in [-0.4, -0.2) is 76.2 Å². The van der Waals surface area contributed by atoms with Crippen molar-refractivity contribution >= 4 is 111 Å². The first-order valence-corrected chi connectivity index (χ1v) is 32.7. The number of carboxylic acids is 3. The van der Waals surface area contributed by atoms with Crippen molar-refractivity contribution in [3.05, 3.63) is 277 Å². The number of halogens is 3. The van der Waals surface area contributed by atoms with Gasteiger partial charge in [-0.2, -0.15) is 0 Å². The zero-order valence-corrected chi connectivity index (χ0v) is 54.9.